The fraction of sp³-hybridized carbons (Fsp3) is 0.381. The Bertz CT molecular complexity index is 750. The lowest BCUT2D eigenvalue weighted by atomic mass is 9.82. The van der Waals surface area contributed by atoms with E-state index < -0.39 is 0 Å². The Morgan fingerprint density at radius 1 is 1.16 bits per heavy atom. The summed E-state index contributed by atoms with van der Waals surface area (Å²) in [6, 6.07) is 15.9. The molecule has 132 valence electrons. The molecule has 3 rings (SSSR count). The second kappa shape index (κ2) is 6.79. The average Bonchev–Trinajstić information content (AvgIpc) is 3.02. The minimum absolute atomic E-state index is 0.0484. The first-order valence-corrected chi connectivity index (χ1v) is 8.70. The van der Waals surface area contributed by atoms with Crippen molar-refractivity contribution in [3.63, 3.8) is 0 Å². The molecule has 2 aromatic rings. The van der Waals surface area contributed by atoms with Crippen molar-refractivity contribution in [2.75, 3.05) is 18.6 Å². The molecule has 0 bridgehead atoms. The number of nitrogens with zero attached hydrogens (tertiary/aromatic N) is 1. The molecule has 1 atom stereocenters. The number of nitrogens with one attached hydrogen (secondary N) is 1. The number of rotatable bonds is 3. The van der Waals surface area contributed by atoms with Gasteiger partial charge in [0.15, 0.2) is 0 Å². The second-order valence-electron chi connectivity index (χ2n) is 7.56. The van der Waals surface area contributed by atoms with Crippen LogP contribution in [-0.4, -0.2) is 19.7 Å². The van der Waals surface area contributed by atoms with Gasteiger partial charge in [-0.1, -0.05) is 51.1 Å². The van der Waals surface area contributed by atoms with E-state index in [4.69, 9.17) is 4.74 Å². The Morgan fingerprint density at radius 3 is 2.52 bits per heavy atom. The summed E-state index contributed by atoms with van der Waals surface area (Å²) >= 11 is 0. The summed E-state index contributed by atoms with van der Waals surface area (Å²) in [6.45, 7) is 7.13. The molecule has 4 nitrogen and oxygen atoms in total. The van der Waals surface area contributed by atoms with E-state index in [0.717, 1.165) is 29.0 Å². The standard InChI is InChI=1S/C21H26N2O2/c1-21(2,3)19(15-8-6-5-7-9-15)22-20(24)23-13-12-16-14-17(25-4)10-11-18(16)23/h5-11,14,19H,12-13H2,1-4H3,(H,22,24)/t19-/m1/s1. The third kappa shape index (κ3) is 3.63. The molecule has 25 heavy (non-hydrogen) atoms. The molecule has 1 heterocycles. The van der Waals surface area contributed by atoms with Gasteiger partial charge < -0.3 is 10.1 Å². The molecule has 0 aromatic heterocycles. The lowest BCUT2D eigenvalue weighted by Crippen LogP contribution is -2.44. The molecule has 0 aliphatic carbocycles. The number of methoxy groups -OCH3 is 1. The highest BCUT2D eigenvalue weighted by molar-refractivity contribution is 5.94. The van der Waals surface area contributed by atoms with Crippen molar-refractivity contribution in [3.8, 4) is 5.75 Å². The Labute approximate surface area is 149 Å². The van der Waals surface area contributed by atoms with Gasteiger partial charge in [0, 0.05) is 12.2 Å². The summed E-state index contributed by atoms with van der Waals surface area (Å²) in [7, 11) is 1.66. The van der Waals surface area contributed by atoms with Gasteiger partial charge in [0.25, 0.3) is 0 Å². The molecule has 0 spiro atoms. The van der Waals surface area contributed by atoms with Gasteiger partial charge in [0.1, 0.15) is 5.75 Å². The molecule has 0 unspecified atom stereocenters. The number of hydrogen-bond acceptors (Lipinski definition) is 2. The third-order valence-electron chi connectivity index (χ3n) is 4.69. The monoisotopic (exact) mass is 338 g/mol. The van der Waals surface area contributed by atoms with E-state index >= 15 is 0 Å². The van der Waals surface area contributed by atoms with Crippen molar-refractivity contribution in [1.29, 1.82) is 0 Å². The lowest BCUT2D eigenvalue weighted by molar-refractivity contribution is 0.224. The molecule has 0 saturated heterocycles. The van der Waals surface area contributed by atoms with E-state index in [1.165, 1.54) is 0 Å². The largest absolute Gasteiger partial charge is 0.497 e. The van der Waals surface area contributed by atoms with E-state index in [-0.39, 0.29) is 17.5 Å². The van der Waals surface area contributed by atoms with Gasteiger partial charge in [-0.2, -0.15) is 0 Å². The Hall–Kier alpha value is -2.49. The fourth-order valence-electron chi connectivity index (χ4n) is 3.36. The van der Waals surface area contributed by atoms with Crippen molar-refractivity contribution in [3.05, 3.63) is 59.7 Å². The number of anilines is 1. The lowest BCUT2D eigenvalue weighted by Gasteiger charge is -2.33. The van der Waals surface area contributed by atoms with Crippen molar-refractivity contribution in [2.24, 2.45) is 5.41 Å². The summed E-state index contributed by atoms with van der Waals surface area (Å²) in [4.78, 5) is 14.8. The molecular formula is C21H26N2O2. The number of urea groups is 1. The van der Waals surface area contributed by atoms with Crippen LogP contribution in [0.4, 0.5) is 10.5 Å². The molecular weight excluding hydrogens is 312 g/mol. The predicted octanol–water partition coefficient (Wildman–Crippen LogP) is 4.55. The van der Waals surface area contributed by atoms with Gasteiger partial charge in [-0.3, -0.25) is 4.90 Å². The molecule has 0 radical (unpaired) electrons. The number of hydrogen-bond donors (Lipinski definition) is 1. The predicted molar refractivity (Wildman–Crippen MR) is 101 cm³/mol. The molecule has 0 saturated carbocycles. The summed E-state index contributed by atoms with van der Waals surface area (Å²) in [6.07, 6.45) is 0.853. The van der Waals surface area contributed by atoms with E-state index in [1.54, 1.807) is 7.11 Å². The van der Waals surface area contributed by atoms with Crippen LogP contribution in [0.2, 0.25) is 0 Å². The normalized spacial score (nSPS) is 14.8. The van der Waals surface area contributed by atoms with Crippen LogP contribution in [0.1, 0.15) is 37.9 Å². The number of carbonyl (C=O) groups excluding carboxylic acids is 1. The van der Waals surface area contributed by atoms with Crippen LogP contribution < -0.4 is 15.0 Å². The van der Waals surface area contributed by atoms with Gasteiger partial charge >= 0.3 is 6.03 Å². The minimum atomic E-state index is -0.0839. The Balaban J connectivity index is 1.82. The van der Waals surface area contributed by atoms with Crippen LogP contribution in [-0.2, 0) is 6.42 Å². The van der Waals surface area contributed by atoms with Gasteiger partial charge in [-0.05, 0) is 41.2 Å². The van der Waals surface area contributed by atoms with Crippen LogP contribution >= 0.6 is 0 Å². The smallest absolute Gasteiger partial charge is 0.322 e. The molecule has 4 heteroatoms. The topological polar surface area (TPSA) is 41.6 Å². The van der Waals surface area contributed by atoms with Crippen molar-refractivity contribution < 1.29 is 9.53 Å². The third-order valence-corrected chi connectivity index (χ3v) is 4.69. The zero-order valence-corrected chi connectivity index (χ0v) is 15.4. The summed E-state index contributed by atoms with van der Waals surface area (Å²) in [5, 5.41) is 3.24. The maximum Gasteiger partial charge on any atom is 0.322 e. The molecule has 1 N–H and O–H groups in total. The summed E-state index contributed by atoms with van der Waals surface area (Å²) < 4.78 is 5.28. The maximum atomic E-state index is 13.0. The fourth-order valence-corrected chi connectivity index (χ4v) is 3.36. The number of fused-ring (bicyclic) bond motifs is 1. The molecule has 2 amide bonds. The minimum Gasteiger partial charge on any atom is -0.497 e. The second-order valence-corrected chi connectivity index (χ2v) is 7.56. The number of amides is 2. The molecule has 0 fully saturated rings. The Kier molecular flexibility index (Phi) is 4.71. The molecule has 2 aromatic carbocycles. The van der Waals surface area contributed by atoms with E-state index in [1.807, 2.05) is 41.3 Å². The van der Waals surface area contributed by atoms with E-state index in [0.29, 0.717) is 6.54 Å². The van der Waals surface area contributed by atoms with Crippen LogP contribution in [0.25, 0.3) is 0 Å². The maximum absolute atomic E-state index is 13.0. The van der Waals surface area contributed by atoms with Crippen molar-refractivity contribution >= 4 is 11.7 Å². The number of benzene rings is 2. The first-order chi connectivity index (χ1) is 11.9. The highest BCUT2D eigenvalue weighted by Gasteiger charge is 2.31. The van der Waals surface area contributed by atoms with Crippen molar-refractivity contribution in [2.45, 2.75) is 33.2 Å². The van der Waals surface area contributed by atoms with E-state index in [9.17, 15) is 4.79 Å². The zero-order valence-electron chi connectivity index (χ0n) is 15.4. The van der Waals surface area contributed by atoms with Gasteiger partial charge in [0.2, 0.25) is 0 Å². The highest BCUT2D eigenvalue weighted by atomic mass is 16.5. The van der Waals surface area contributed by atoms with Gasteiger partial charge in [-0.15, -0.1) is 0 Å². The van der Waals surface area contributed by atoms with Crippen LogP contribution in [0.3, 0.4) is 0 Å². The first-order valence-electron chi connectivity index (χ1n) is 8.70. The van der Waals surface area contributed by atoms with E-state index in [2.05, 4.69) is 38.2 Å². The van der Waals surface area contributed by atoms with Crippen LogP contribution in [0.5, 0.6) is 5.75 Å². The number of carbonyl (C=O) groups is 1. The van der Waals surface area contributed by atoms with Gasteiger partial charge in [0.05, 0.1) is 13.2 Å². The summed E-state index contributed by atoms with van der Waals surface area (Å²) in [5.74, 6) is 0.831. The average molecular weight is 338 g/mol. The van der Waals surface area contributed by atoms with Crippen molar-refractivity contribution in [1.82, 2.24) is 5.32 Å². The van der Waals surface area contributed by atoms with Gasteiger partial charge in [-0.25, -0.2) is 4.79 Å². The molecule has 1 aliphatic rings. The van der Waals surface area contributed by atoms with Crippen LogP contribution in [0, 0.1) is 5.41 Å². The Morgan fingerprint density at radius 2 is 1.88 bits per heavy atom. The quantitative estimate of drug-likeness (QED) is 0.892. The summed E-state index contributed by atoms with van der Waals surface area (Å²) in [5.41, 5.74) is 3.16. The highest BCUT2D eigenvalue weighted by Crippen LogP contribution is 2.35. The van der Waals surface area contributed by atoms with Crippen LogP contribution in [0.15, 0.2) is 48.5 Å². The first kappa shape index (κ1) is 17.3. The zero-order chi connectivity index (χ0) is 18.0. The SMILES string of the molecule is COc1ccc2c(c1)CCN2C(=O)N[C@H](c1ccccc1)C(C)(C)C. The molecule has 1 aliphatic heterocycles. The number of ether oxygens (including phenoxy) is 1.